The molecule has 5 atom stereocenters. The number of hydrogen-bond donors (Lipinski definition) is 0. The molecule has 1 rings (SSSR count). The molecule has 0 bridgehead atoms. The summed E-state index contributed by atoms with van der Waals surface area (Å²) >= 11 is 3.30. The van der Waals surface area contributed by atoms with Crippen LogP contribution in [0.15, 0.2) is 0 Å². The molecule has 1 aliphatic heterocycles. The van der Waals surface area contributed by atoms with Gasteiger partial charge in [-0.3, -0.25) is 4.18 Å². The summed E-state index contributed by atoms with van der Waals surface area (Å²) in [5, 5.41) is 0. The third kappa shape index (κ3) is 6.71. The number of rotatable bonds is 6. The molecule has 16 heavy (non-hydrogen) atoms. The molecule has 3 nitrogen and oxygen atoms in total. The third-order valence-corrected chi connectivity index (χ3v) is 7.20. The minimum Gasteiger partial charge on any atom is -0.349 e. The minimum atomic E-state index is -0.343. The highest BCUT2D eigenvalue weighted by Crippen LogP contribution is 2.55. The maximum Gasteiger partial charge on any atom is 0.171 e. The highest BCUT2D eigenvalue weighted by molar-refractivity contribution is 8.69. The Labute approximate surface area is 111 Å². The first-order valence-electron chi connectivity index (χ1n) is 5.00. The van der Waals surface area contributed by atoms with Gasteiger partial charge in [0.05, 0.1) is 20.1 Å². The maximum absolute atomic E-state index is 5.85. The molecule has 96 valence electrons. The molecule has 1 fully saturated rings. The van der Waals surface area contributed by atoms with E-state index in [1.54, 1.807) is 11.4 Å². The predicted octanol–water partition coefficient (Wildman–Crippen LogP) is 4.29. The van der Waals surface area contributed by atoms with Gasteiger partial charge in [-0.05, 0) is 32.8 Å². The molecule has 0 aliphatic carbocycles. The molecule has 0 amide bonds. The van der Waals surface area contributed by atoms with Crippen LogP contribution in [0, 0.1) is 0 Å². The molecule has 1 heterocycles. The normalized spacial score (nSPS) is 30.0. The fourth-order valence-corrected chi connectivity index (χ4v) is 4.05. The lowest BCUT2D eigenvalue weighted by Gasteiger charge is -2.29. The van der Waals surface area contributed by atoms with E-state index in [2.05, 4.69) is 28.5 Å². The Hall–Kier alpha value is 1.87. The van der Waals surface area contributed by atoms with Crippen LogP contribution in [0.2, 0.25) is 0 Å². The summed E-state index contributed by atoms with van der Waals surface area (Å²) in [4.78, 5) is 0. The third-order valence-electron chi connectivity index (χ3n) is 2.01. The van der Waals surface area contributed by atoms with Gasteiger partial charge in [0.25, 0.3) is 0 Å². The van der Waals surface area contributed by atoms with Crippen molar-refractivity contribution in [3.8, 4) is 0 Å². The van der Waals surface area contributed by atoms with Crippen molar-refractivity contribution in [2.75, 3.05) is 26.2 Å². The van der Waals surface area contributed by atoms with Gasteiger partial charge in [-0.15, -0.1) is 11.4 Å². The zero-order chi connectivity index (χ0) is 12.0. The van der Waals surface area contributed by atoms with Crippen molar-refractivity contribution in [3.05, 3.63) is 0 Å². The predicted molar refractivity (Wildman–Crippen MR) is 81.4 cm³/mol. The first-order valence-corrected chi connectivity index (χ1v) is 13.3. The Bertz CT molecular complexity index is 191. The zero-order valence-electron chi connectivity index (χ0n) is 9.79. The SMILES string of the molecule is CSP(C)O[C@H]1CCC(OSP(C)P)OC1. The summed E-state index contributed by atoms with van der Waals surface area (Å²) in [7, 11) is 2.41. The Morgan fingerprint density at radius 1 is 1.38 bits per heavy atom. The van der Waals surface area contributed by atoms with Gasteiger partial charge in [-0.1, -0.05) is 8.93 Å². The molecular weight excluding hydrogens is 301 g/mol. The monoisotopic (exact) mass is 320 g/mol. The van der Waals surface area contributed by atoms with E-state index in [1.165, 1.54) is 11.7 Å². The fraction of sp³-hybridized carbons (Fsp3) is 1.00. The van der Waals surface area contributed by atoms with Gasteiger partial charge >= 0.3 is 0 Å². The molecule has 0 spiro atoms. The van der Waals surface area contributed by atoms with Crippen LogP contribution in [0.25, 0.3) is 0 Å². The van der Waals surface area contributed by atoms with Crippen LogP contribution in [0.3, 0.4) is 0 Å². The van der Waals surface area contributed by atoms with Crippen LogP contribution in [0.5, 0.6) is 0 Å². The summed E-state index contributed by atoms with van der Waals surface area (Å²) < 4.78 is 17.0. The highest BCUT2D eigenvalue weighted by atomic mass is 32.9. The van der Waals surface area contributed by atoms with Crippen LogP contribution < -0.4 is 0 Å². The lowest BCUT2D eigenvalue weighted by atomic mass is 10.1. The van der Waals surface area contributed by atoms with E-state index in [0.29, 0.717) is 6.61 Å². The first-order chi connectivity index (χ1) is 7.61. The van der Waals surface area contributed by atoms with E-state index in [4.69, 9.17) is 13.4 Å². The van der Waals surface area contributed by atoms with Crippen molar-refractivity contribution in [1.82, 2.24) is 0 Å². The van der Waals surface area contributed by atoms with Gasteiger partial charge in [0.2, 0.25) is 0 Å². The Kier molecular flexibility index (Phi) is 8.84. The van der Waals surface area contributed by atoms with Crippen molar-refractivity contribution in [2.45, 2.75) is 25.2 Å². The molecule has 4 unspecified atom stereocenters. The van der Waals surface area contributed by atoms with Gasteiger partial charge in [0, 0.05) is 18.1 Å². The van der Waals surface area contributed by atoms with Gasteiger partial charge in [-0.2, -0.15) is 0 Å². The topological polar surface area (TPSA) is 27.7 Å². The summed E-state index contributed by atoms with van der Waals surface area (Å²) in [6.45, 7) is 4.79. The van der Waals surface area contributed by atoms with E-state index in [-0.39, 0.29) is 26.6 Å². The van der Waals surface area contributed by atoms with Crippen molar-refractivity contribution in [3.63, 3.8) is 0 Å². The largest absolute Gasteiger partial charge is 0.349 e. The summed E-state index contributed by atoms with van der Waals surface area (Å²) in [6, 6.07) is 0. The molecule has 0 aromatic carbocycles. The molecule has 0 saturated carbocycles. The molecule has 0 aromatic rings. The molecule has 8 heteroatoms. The Morgan fingerprint density at radius 3 is 2.62 bits per heavy atom. The van der Waals surface area contributed by atoms with Crippen molar-refractivity contribution < 1.29 is 13.4 Å². The van der Waals surface area contributed by atoms with Crippen LogP contribution in [0.1, 0.15) is 12.8 Å². The average molecular weight is 320 g/mol. The van der Waals surface area contributed by atoms with Crippen LogP contribution in [-0.4, -0.2) is 38.6 Å². The second kappa shape index (κ2) is 8.88. The highest BCUT2D eigenvalue weighted by Gasteiger charge is 2.24. The standard InChI is InChI=1S/C8H19O3P3S2/c1-13(15-3)10-7-4-5-8(9-6-7)11-16-14(2)12/h7-8H,4-6,12H2,1-3H3/t7-,8?,13?,14?/m0/s1. The molecule has 0 N–H and O–H groups in total. The summed E-state index contributed by atoms with van der Waals surface area (Å²) in [5.74, 6) is 0. The second-order valence-corrected chi connectivity index (χ2v) is 14.6. The lowest BCUT2D eigenvalue weighted by Crippen LogP contribution is -2.30. The molecule has 1 aliphatic rings. The number of hydrogen-bond acceptors (Lipinski definition) is 5. The summed E-state index contributed by atoms with van der Waals surface area (Å²) in [5.41, 5.74) is 0. The van der Waals surface area contributed by atoms with E-state index < -0.39 is 0 Å². The van der Waals surface area contributed by atoms with Crippen LogP contribution >= 0.6 is 46.1 Å². The van der Waals surface area contributed by atoms with Gasteiger partial charge in [0.1, 0.15) is 0 Å². The van der Waals surface area contributed by atoms with Crippen LogP contribution in [-0.2, 0) is 13.4 Å². The molecule has 0 aromatic heterocycles. The second-order valence-electron chi connectivity index (χ2n) is 3.41. The van der Waals surface area contributed by atoms with E-state index in [0.717, 1.165) is 12.8 Å². The Balaban J connectivity index is 2.13. The minimum absolute atomic E-state index is 0.0484. The fourth-order valence-electron chi connectivity index (χ4n) is 1.23. The Morgan fingerprint density at radius 2 is 2.12 bits per heavy atom. The zero-order valence-corrected chi connectivity index (χ0v) is 14.4. The van der Waals surface area contributed by atoms with Crippen molar-refractivity contribution in [2.24, 2.45) is 0 Å². The first kappa shape index (κ1) is 15.9. The quantitative estimate of drug-likeness (QED) is 0.537. The summed E-state index contributed by atoms with van der Waals surface area (Å²) in [6.07, 6.45) is 4.26. The van der Waals surface area contributed by atoms with E-state index >= 15 is 0 Å². The number of ether oxygens (including phenoxy) is 1. The smallest absolute Gasteiger partial charge is 0.171 e. The molecule has 0 radical (unpaired) electrons. The van der Waals surface area contributed by atoms with Gasteiger partial charge in [-0.25, -0.2) is 0 Å². The lowest BCUT2D eigenvalue weighted by molar-refractivity contribution is -0.126. The van der Waals surface area contributed by atoms with Crippen molar-refractivity contribution in [1.29, 1.82) is 0 Å². The van der Waals surface area contributed by atoms with Gasteiger partial charge in [0.15, 0.2) is 6.29 Å². The van der Waals surface area contributed by atoms with E-state index in [1.807, 2.05) is 0 Å². The maximum atomic E-state index is 5.85. The average Bonchev–Trinajstić information content (AvgIpc) is 2.28. The van der Waals surface area contributed by atoms with Crippen molar-refractivity contribution >= 4 is 46.1 Å². The molecule has 1 saturated heterocycles. The van der Waals surface area contributed by atoms with E-state index in [9.17, 15) is 0 Å². The van der Waals surface area contributed by atoms with Gasteiger partial charge < -0.3 is 9.26 Å². The molecular formula is C8H19O3P3S2. The van der Waals surface area contributed by atoms with Crippen LogP contribution in [0.4, 0.5) is 0 Å².